The van der Waals surface area contributed by atoms with E-state index in [1.807, 2.05) is 35.4 Å². The number of rotatable bonds is 3. The van der Waals surface area contributed by atoms with Crippen molar-refractivity contribution in [1.82, 2.24) is 20.0 Å². The van der Waals surface area contributed by atoms with Gasteiger partial charge in [0.05, 0.1) is 0 Å². The van der Waals surface area contributed by atoms with Crippen LogP contribution >= 0.6 is 0 Å². The standard InChI is InChI=1S/C22H24N6O/c1-16-15-18-5-2-3-6-19(18)28(16)22(29)17-9-13-26(14-10-17)20-7-8-21(25-24-20)27-12-4-11-23-27/h2-8,11-12,16-17H,9-10,13-15H2,1H3. The highest BCUT2D eigenvalue weighted by Crippen LogP contribution is 2.34. The first kappa shape index (κ1) is 17.8. The van der Waals surface area contributed by atoms with E-state index < -0.39 is 0 Å². The fraction of sp³-hybridized carbons (Fsp3) is 0.364. The Morgan fingerprint density at radius 1 is 1.00 bits per heavy atom. The molecule has 2 aliphatic rings. The van der Waals surface area contributed by atoms with Crippen LogP contribution in [0.15, 0.2) is 54.9 Å². The van der Waals surface area contributed by atoms with Crippen molar-refractivity contribution in [2.24, 2.45) is 5.92 Å². The summed E-state index contributed by atoms with van der Waals surface area (Å²) >= 11 is 0. The minimum Gasteiger partial charge on any atom is -0.355 e. The van der Waals surface area contributed by atoms with Crippen LogP contribution in [0.2, 0.25) is 0 Å². The zero-order chi connectivity index (χ0) is 19.8. The first-order chi connectivity index (χ1) is 14.2. The number of fused-ring (bicyclic) bond motifs is 1. The molecule has 0 N–H and O–H groups in total. The van der Waals surface area contributed by atoms with E-state index in [1.165, 1.54) is 5.56 Å². The lowest BCUT2D eigenvalue weighted by Gasteiger charge is -2.35. The Morgan fingerprint density at radius 3 is 2.48 bits per heavy atom. The van der Waals surface area contributed by atoms with Crippen molar-refractivity contribution in [3.8, 4) is 5.82 Å². The molecule has 29 heavy (non-hydrogen) atoms. The normalized spacial score (nSPS) is 19.4. The molecule has 7 heteroatoms. The van der Waals surface area contributed by atoms with Gasteiger partial charge < -0.3 is 9.80 Å². The number of hydrogen-bond donors (Lipinski definition) is 0. The molecule has 0 aliphatic carbocycles. The van der Waals surface area contributed by atoms with E-state index in [4.69, 9.17) is 0 Å². The number of benzene rings is 1. The van der Waals surface area contributed by atoms with Gasteiger partial charge in [-0.25, -0.2) is 4.68 Å². The molecule has 2 aliphatic heterocycles. The summed E-state index contributed by atoms with van der Waals surface area (Å²) in [7, 11) is 0. The summed E-state index contributed by atoms with van der Waals surface area (Å²) in [5, 5.41) is 12.8. The van der Waals surface area contributed by atoms with Gasteiger partial charge in [0.25, 0.3) is 0 Å². The summed E-state index contributed by atoms with van der Waals surface area (Å²) in [4.78, 5) is 17.5. The lowest BCUT2D eigenvalue weighted by atomic mass is 9.95. The highest BCUT2D eigenvalue weighted by molar-refractivity contribution is 5.97. The van der Waals surface area contributed by atoms with Gasteiger partial charge in [0.15, 0.2) is 11.6 Å². The molecule has 1 amide bonds. The Labute approximate surface area is 170 Å². The fourth-order valence-electron chi connectivity index (χ4n) is 4.47. The SMILES string of the molecule is CC1Cc2ccccc2N1C(=O)C1CCN(c2ccc(-n3cccn3)nn2)CC1. The second-order valence-corrected chi connectivity index (χ2v) is 7.85. The summed E-state index contributed by atoms with van der Waals surface area (Å²) in [5.41, 5.74) is 2.37. The zero-order valence-electron chi connectivity index (χ0n) is 16.5. The summed E-state index contributed by atoms with van der Waals surface area (Å²) < 4.78 is 1.69. The number of piperidine rings is 1. The first-order valence-electron chi connectivity index (χ1n) is 10.2. The van der Waals surface area contributed by atoms with Crippen LogP contribution in [-0.4, -0.2) is 45.0 Å². The molecular weight excluding hydrogens is 364 g/mol. The van der Waals surface area contributed by atoms with Crippen LogP contribution in [0.25, 0.3) is 5.82 Å². The highest BCUT2D eigenvalue weighted by atomic mass is 16.2. The molecule has 3 aromatic rings. The second-order valence-electron chi connectivity index (χ2n) is 7.85. The zero-order valence-corrected chi connectivity index (χ0v) is 16.5. The summed E-state index contributed by atoms with van der Waals surface area (Å²) in [5.74, 6) is 1.88. The Morgan fingerprint density at radius 2 is 1.76 bits per heavy atom. The van der Waals surface area contributed by atoms with E-state index >= 15 is 0 Å². The van der Waals surface area contributed by atoms with Crippen molar-refractivity contribution >= 4 is 17.4 Å². The molecule has 0 saturated carbocycles. The lowest BCUT2D eigenvalue weighted by Crippen LogP contribution is -2.45. The number of aromatic nitrogens is 4. The molecular formula is C22H24N6O. The van der Waals surface area contributed by atoms with E-state index in [2.05, 4.69) is 45.3 Å². The quantitative estimate of drug-likeness (QED) is 0.690. The Balaban J connectivity index is 1.24. The average Bonchev–Trinajstić information content (AvgIpc) is 3.41. The van der Waals surface area contributed by atoms with Crippen molar-refractivity contribution in [3.63, 3.8) is 0 Å². The van der Waals surface area contributed by atoms with Crippen LogP contribution < -0.4 is 9.80 Å². The third kappa shape index (κ3) is 3.26. The summed E-state index contributed by atoms with van der Waals surface area (Å²) in [6.07, 6.45) is 6.19. The van der Waals surface area contributed by atoms with Crippen LogP contribution in [0.5, 0.6) is 0 Å². The van der Waals surface area contributed by atoms with Gasteiger partial charge in [-0.2, -0.15) is 5.10 Å². The lowest BCUT2D eigenvalue weighted by molar-refractivity contribution is -0.123. The monoisotopic (exact) mass is 388 g/mol. The number of para-hydroxylation sites is 1. The van der Waals surface area contributed by atoms with Crippen LogP contribution in [0.3, 0.4) is 0 Å². The predicted octanol–water partition coefficient (Wildman–Crippen LogP) is 2.86. The summed E-state index contributed by atoms with van der Waals surface area (Å²) in [6, 6.07) is 14.3. The van der Waals surface area contributed by atoms with Crippen LogP contribution in [-0.2, 0) is 11.2 Å². The minimum absolute atomic E-state index is 0.0659. The third-order valence-electron chi connectivity index (χ3n) is 5.99. The van der Waals surface area contributed by atoms with Gasteiger partial charge in [-0.1, -0.05) is 18.2 Å². The van der Waals surface area contributed by atoms with Gasteiger partial charge in [-0.3, -0.25) is 4.79 Å². The molecule has 1 unspecified atom stereocenters. The molecule has 1 aromatic carbocycles. The number of nitrogens with zero attached hydrogens (tertiary/aromatic N) is 6. The Bertz CT molecular complexity index is 992. The van der Waals surface area contributed by atoms with Crippen molar-refractivity contribution in [2.45, 2.75) is 32.2 Å². The average molecular weight is 388 g/mol. The molecule has 4 heterocycles. The minimum atomic E-state index is 0.0659. The van der Waals surface area contributed by atoms with Gasteiger partial charge >= 0.3 is 0 Å². The van der Waals surface area contributed by atoms with E-state index in [0.29, 0.717) is 5.82 Å². The Hall–Kier alpha value is -3.22. The largest absolute Gasteiger partial charge is 0.355 e. The molecule has 5 rings (SSSR count). The summed E-state index contributed by atoms with van der Waals surface area (Å²) in [6.45, 7) is 3.77. The molecule has 7 nitrogen and oxygen atoms in total. The molecule has 1 fully saturated rings. The third-order valence-corrected chi connectivity index (χ3v) is 5.99. The first-order valence-corrected chi connectivity index (χ1v) is 10.2. The molecule has 2 aromatic heterocycles. The van der Waals surface area contributed by atoms with E-state index in [1.54, 1.807) is 10.9 Å². The van der Waals surface area contributed by atoms with Gasteiger partial charge in [0, 0.05) is 43.1 Å². The molecule has 0 bridgehead atoms. The number of carbonyl (C=O) groups is 1. The molecule has 1 saturated heterocycles. The van der Waals surface area contributed by atoms with E-state index in [9.17, 15) is 4.79 Å². The van der Waals surface area contributed by atoms with Crippen molar-refractivity contribution in [3.05, 3.63) is 60.4 Å². The van der Waals surface area contributed by atoms with Gasteiger partial charge in [-0.05, 0) is 56.0 Å². The fourth-order valence-corrected chi connectivity index (χ4v) is 4.47. The number of anilines is 2. The molecule has 148 valence electrons. The van der Waals surface area contributed by atoms with Crippen molar-refractivity contribution in [2.75, 3.05) is 22.9 Å². The van der Waals surface area contributed by atoms with Crippen LogP contribution in [0.4, 0.5) is 11.5 Å². The van der Waals surface area contributed by atoms with E-state index in [0.717, 1.165) is 43.9 Å². The predicted molar refractivity (Wildman–Crippen MR) is 111 cm³/mol. The van der Waals surface area contributed by atoms with E-state index in [-0.39, 0.29) is 17.9 Å². The van der Waals surface area contributed by atoms with Gasteiger partial charge in [-0.15, -0.1) is 10.2 Å². The van der Waals surface area contributed by atoms with Crippen LogP contribution in [0.1, 0.15) is 25.3 Å². The maximum Gasteiger partial charge on any atom is 0.230 e. The Kier molecular flexibility index (Phi) is 4.50. The maximum absolute atomic E-state index is 13.3. The topological polar surface area (TPSA) is 67.2 Å². The van der Waals surface area contributed by atoms with Crippen molar-refractivity contribution < 1.29 is 4.79 Å². The molecule has 1 atom stereocenters. The van der Waals surface area contributed by atoms with Gasteiger partial charge in [0.1, 0.15) is 0 Å². The second kappa shape index (κ2) is 7.31. The smallest absolute Gasteiger partial charge is 0.230 e. The highest BCUT2D eigenvalue weighted by Gasteiger charge is 2.36. The molecule has 0 radical (unpaired) electrons. The number of hydrogen-bond acceptors (Lipinski definition) is 5. The number of carbonyl (C=O) groups excluding carboxylic acids is 1. The van der Waals surface area contributed by atoms with Crippen LogP contribution in [0, 0.1) is 5.92 Å². The number of amides is 1. The van der Waals surface area contributed by atoms with Crippen molar-refractivity contribution in [1.29, 1.82) is 0 Å². The molecule has 0 spiro atoms. The van der Waals surface area contributed by atoms with Gasteiger partial charge in [0.2, 0.25) is 5.91 Å². The maximum atomic E-state index is 13.3.